The molecule has 2 aliphatic rings. The molecule has 0 aromatic heterocycles. The number of benzene rings is 1. The van der Waals surface area contributed by atoms with Crippen molar-refractivity contribution in [2.75, 3.05) is 6.61 Å². The van der Waals surface area contributed by atoms with Gasteiger partial charge in [-0.2, -0.15) is 13.2 Å². The van der Waals surface area contributed by atoms with Crippen LogP contribution >= 0.6 is 0 Å². The lowest BCUT2D eigenvalue weighted by atomic mass is 9.86. The van der Waals surface area contributed by atoms with Crippen molar-refractivity contribution >= 4 is 0 Å². The first-order valence-electron chi connectivity index (χ1n) is 6.42. The molecule has 1 heterocycles. The second-order valence-electron chi connectivity index (χ2n) is 4.84. The molecule has 0 spiro atoms. The van der Waals surface area contributed by atoms with Crippen molar-refractivity contribution in [1.82, 2.24) is 0 Å². The summed E-state index contributed by atoms with van der Waals surface area (Å²) in [5.74, 6) is 0.513. The second-order valence-corrected chi connectivity index (χ2v) is 4.84. The zero-order valence-electron chi connectivity index (χ0n) is 10.7. The van der Waals surface area contributed by atoms with Crippen molar-refractivity contribution in [1.29, 1.82) is 0 Å². The second kappa shape index (κ2) is 4.85. The number of halogens is 3. The lowest BCUT2D eigenvalue weighted by Gasteiger charge is -2.28. The Balaban J connectivity index is 1.89. The summed E-state index contributed by atoms with van der Waals surface area (Å²) in [5.41, 5.74) is 0.680. The standard InChI is InChI=1S/C16H13F3O/c17-16(18,19)14-8-9-20-15-10-12(6-7-13(14)15)11-4-2-1-3-5-11/h1-8,12H,9-10H2. The van der Waals surface area contributed by atoms with Crippen LogP contribution in [0.5, 0.6) is 0 Å². The molecule has 104 valence electrons. The summed E-state index contributed by atoms with van der Waals surface area (Å²) in [7, 11) is 0. The number of ether oxygens (including phenoxy) is 1. The number of allylic oxidation sites excluding steroid dienone is 5. The molecular weight excluding hydrogens is 265 g/mol. The molecule has 1 unspecified atom stereocenters. The zero-order chi connectivity index (χ0) is 14.2. The molecule has 0 N–H and O–H groups in total. The van der Waals surface area contributed by atoms with Crippen molar-refractivity contribution in [3.63, 3.8) is 0 Å². The Morgan fingerprint density at radius 2 is 1.85 bits per heavy atom. The molecule has 1 atom stereocenters. The van der Waals surface area contributed by atoms with Gasteiger partial charge in [0.05, 0.1) is 5.57 Å². The highest BCUT2D eigenvalue weighted by atomic mass is 19.4. The average molecular weight is 278 g/mol. The normalized spacial score (nSPS) is 22.1. The SMILES string of the molecule is FC(F)(F)C1=CCOC2=C1C=CC(c1ccccc1)C2. The Hall–Kier alpha value is -1.97. The molecule has 1 nitrogen and oxygen atoms in total. The summed E-state index contributed by atoms with van der Waals surface area (Å²) < 4.78 is 44.2. The van der Waals surface area contributed by atoms with E-state index in [0.717, 1.165) is 11.6 Å². The fraction of sp³-hybridized carbons (Fsp3) is 0.250. The van der Waals surface area contributed by atoms with E-state index < -0.39 is 11.7 Å². The van der Waals surface area contributed by atoms with Gasteiger partial charge >= 0.3 is 6.18 Å². The van der Waals surface area contributed by atoms with E-state index in [1.54, 1.807) is 0 Å². The van der Waals surface area contributed by atoms with Crippen molar-refractivity contribution < 1.29 is 17.9 Å². The fourth-order valence-electron chi connectivity index (χ4n) is 2.59. The van der Waals surface area contributed by atoms with Crippen molar-refractivity contribution in [2.45, 2.75) is 18.5 Å². The summed E-state index contributed by atoms with van der Waals surface area (Å²) in [6, 6.07) is 9.72. The van der Waals surface area contributed by atoms with Crippen LogP contribution in [0.2, 0.25) is 0 Å². The number of alkyl halides is 3. The molecule has 1 aliphatic carbocycles. The minimum atomic E-state index is -4.33. The Morgan fingerprint density at radius 1 is 1.10 bits per heavy atom. The molecule has 0 amide bonds. The van der Waals surface area contributed by atoms with Crippen molar-refractivity contribution in [2.24, 2.45) is 0 Å². The molecule has 1 aromatic carbocycles. The van der Waals surface area contributed by atoms with Crippen LogP contribution in [-0.2, 0) is 4.74 Å². The molecule has 20 heavy (non-hydrogen) atoms. The number of hydrogen-bond acceptors (Lipinski definition) is 1. The first-order chi connectivity index (χ1) is 9.55. The lowest BCUT2D eigenvalue weighted by Crippen LogP contribution is -2.21. The molecule has 4 heteroatoms. The van der Waals surface area contributed by atoms with Crippen LogP contribution in [0.25, 0.3) is 0 Å². The summed E-state index contributed by atoms with van der Waals surface area (Å²) in [4.78, 5) is 0. The fourth-order valence-corrected chi connectivity index (χ4v) is 2.59. The van der Waals surface area contributed by atoms with Crippen LogP contribution in [0.3, 0.4) is 0 Å². The highest BCUT2D eigenvalue weighted by Crippen LogP contribution is 2.41. The van der Waals surface area contributed by atoms with Crippen LogP contribution < -0.4 is 0 Å². The third kappa shape index (κ3) is 2.38. The molecule has 1 aliphatic heterocycles. The van der Waals surface area contributed by atoms with E-state index in [9.17, 15) is 13.2 Å². The third-order valence-corrected chi connectivity index (χ3v) is 3.57. The highest BCUT2D eigenvalue weighted by Gasteiger charge is 2.39. The average Bonchev–Trinajstić information content (AvgIpc) is 2.46. The van der Waals surface area contributed by atoms with E-state index >= 15 is 0 Å². The summed E-state index contributed by atoms with van der Waals surface area (Å²) in [6.07, 6.45) is 0.612. The third-order valence-electron chi connectivity index (χ3n) is 3.57. The monoisotopic (exact) mass is 278 g/mol. The van der Waals surface area contributed by atoms with Gasteiger partial charge in [-0.1, -0.05) is 42.5 Å². The summed E-state index contributed by atoms with van der Waals surface area (Å²) in [6.45, 7) is -0.0109. The summed E-state index contributed by atoms with van der Waals surface area (Å²) >= 11 is 0. The highest BCUT2D eigenvalue weighted by molar-refractivity contribution is 5.50. The van der Waals surface area contributed by atoms with E-state index in [2.05, 4.69) is 0 Å². The quantitative estimate of drug-likeness (QED) is 0.734. The van der Waals surface area contributed by atoms with Crippen molar-refractivity contribution in [3.05, 3.63) is 71.0 Å². The van der Waals surface area contributed by atoms with Crippen LogP contribution in [0.15, 0.2) is 65.5 Å². The lowest BCUT2D eigenvalue weighted by molar-refractivity contribution is -0.0907. The summed E-state index contributed by atoms with van der Waals surface area (Å²) in [5, 5.41) is 0. The maximum atomic E-state index is 12.9. The maximum absolute atomic E-state index is 12.9. The topological polar surface area (TPSA) is 9.23 Å². The van der Waals surface area contributed by atoms with Crippen LogP contribution in [0.4, 0.5) is 13.2 Å². The van der Waals surface area contributed by atoms with E-state index in [0.29, 0.717) is 12.2 Å². The molecule has 3 rings (SSSR count). The van der Waals surface area contributed by atoms with Gasteiger partial charge in [0.2, 0.25) is 0 Å². The molecule has 1 aromatic rings. The smallest absolute Gasteiger partial charge is 0.416 e. The van der Waals surface area contributed by atoms with Gasteiger partial charge in [-0.15, -0.1) is 0 Å². The van der Waals surface area contributed by atoms with Gasteiger partial charge in [0, 0.05) is 17.9 Å². The minimum absolute atomic E-state index is 0.0109. The Labute approximate surface area is 115 Å². The van der Waals surface area contributed by atoms with Crippen LogP contribution in [0, 0.1) is 0 Å². The zero-order valence-corrected chi connectivity index (χ0v) is 10.7. The van der Waals surface area contributed by atoms with E-state index in [1.165, 1.54) is 6.08 Å². The minimum Gasteiger partial charge on any atom is -0.493 e. The van der Waals surface area contributed by atoms with Gasteiger partial charge in [-0.05, 0) is 11.6 Å². The van der Waals surface area contributed by atoms with Gasteiger partial charge in [0.1, 0.15) is 12.4 Å². The molecular formula is C16H13F3O. The van der Waals surface area contributed by atoms with Gasteiger partial charge < -0.3 is 4.74 Å². The van der Waals surface area contributed by atoms with Crippen molar-refractivity contribution in [3.8, 4) is 0 Å². The van der Waals surface area contributed by atoms with E-state index in [4.69, 9.17) is 4.74 Å². The predicted octanol–water partition coefficient (Wildman–Crippen LogP) is 4.50. The van der Waals surface area contributed by atoms with Gasteiger partial charge in [0.15, 0.2) is 0 Å². The van der Waals surface area contributed by atoms with E-state index in [1.807, 2.05) is 36.4 Å². The number of hydrogen-bond donors (Lipinski definition) is 0. The van der Waals surface area contributed by atoms with Gasteiger partial charge in [-0.25, -0.2) is 0 Å². The molecule has 0 saturated heterocycles. The predicted molar refractivity (Wildman–Crippen MR) is 70.1 cm³/mol. The number of rotatable bonds is 1. The van der Waals surface area contributed by atoms with Crippen LogP contribution in [0.1, 0.15) is 17.9 Å². The largest absolute Gasteiger partial charge is 0.493 e. The van der Waals surface area contributed by atoms with Gasteiger partial charge in [-0.3, -0.25) is 0 Å². The first kappa shape index (κ1) is 13.0. The Kier molecular flexibility index (Phi) is 3.16. The van der Waals surface area contributed by atoms with Crippen LogP contribution in [-0.4, -0.2) is 12.8 Å². The molecule has 0 fully saturated rings. The first-order valence-corrected chi connectivity index (χ1v) is 6.42. The van der Waals surface area contributed by atoms with E-state index in [-0.39, 0.29) is 18.1 Å². The molecule has 0 saturated carbocycles. The molecule has 0 bridgehead atoms. The molecule has 0 radical (unpaired) electrons. The Bertz CT molecular complexity index is 594. The Morgan fingerprint density at radius 3 is 2.55 bits per heavy atom. The maximum Gasteiger partial charge on any atom is 0.416 e. The van der Waals surface area contributed by atoms with Gasteiger partial charge in [0.25, 0.3) is 0 Å².